The fourth-order valence-electron chi connectivity index (χ4n) is 1.09. The molecule has 0 bridgehead atoms. The molecule has 15 heavy (non-hydrogen) atoms. The molecule has 0 atom stereocenters. The third kappa shape index (κ3) is 3.28. The molecule has 1 heterocycles. The van der Waals surface area contributed by atoms with Gasteiger partial charge < -0.3 is 10.4 Å². The number of alkyl halides is 2. The van der Waals surface area contributed by atoms with Gasteiger partial charge in [-0.2, -0.15) is 5.10 Å². The Morgan fingerprint density at radius 3 is 2.87 bits per heavy atom. The highest BCUT2D eigenvalue weighted by atomic mass is 19.3. The number of carboxylic acid groups (broad SMARTS) is 1. The van der Waals surface area contributed by atoms with E-state index in [2.05, 4.69) is 10.4 Å². The highest BCUT2D eigenvalue weighted by molar-refractivity contribution is 5.85. The van der Waals surface area contributed by atoms with Crippen LogP contribution in [0.2, 0.25) is 0 Å². The Morgan fingerprint density at radius 2 is 2.40 bits per heavy atom. The normalized spacial score (nSPS) is 10.9. The van der Waals surface area contributed by atoms with Crippen LogP contribution in [-0.4, -0.2) is 33.8 Å². The Bertz CT molecular complexity index is 352. The molecule has 0 fully saturated rings. The monoisotopic (exact) mass is 219 g/mol. The molecule has 1 aromatic rings. The highest BCUT2D eigenvalue weighted by Gasteiger charge is 2.11. The van der Waals surface area contributed by atoms with E-state index in [1.165, 1.54) is 10.7 Å². The van der Waals surface area contributed by atoms with Crippen molar-refractivity contribution in [1.82, 2.24) is 15.1 Å². The van der Waals surface area contributed by atoms with Gasteiger partial charge in [-0.05, 0) is 6.07 Å². The maximum Gasteiger partial charge on any atom is 0.356 e. The molecule has 0 aliphatic heterocycles. The molecule has 0 spiro atoms. The van der Waals surface area contributed by atoms with E-state index < -0.39 is 18.9 Å². The molecule has 0 saturated carbocycles. The van der Waals surface area contributed by atoms with E-state index in [0.29, 0.717) is 5.69 Å². The van der Waals surface area contributed by atoms with Gasteiger partial charge in [-0.1, -0.05) is 0 Å². The van der Waals surface area contributed by atoms with Crippen molar-refractivity contribution in [3.05, 3.63) is 17.5 Å². The lowest BCUT2D eigenvalue weighted by Gasteiger charge is -2.03. The number of nitrogens with zero attached hydrogens (tertiary/aromatic N) is 2. The van der Waals surface area contributed by atoms with Gasteiger partial charge in [0.2, 0.25) is 0 Å². The van der Waals surface area contributed by atoms with Crippen LogP contribution in [-0.2, 0) is 13.6 Å². The molecule has 2 N–H and O–H groups in total. The van der Waals surface area contributed by atoms with E-state index in [-0.39, 0.29) is 12.2 Å². The van der Waals surface area contributed by atoms with Crippen LogP contribution in [0.5, 0.6) is 0 Å². The average Bonchev–Trinajstić information content (AvgIpc) is 2.47. The number of aromatic carboxylic acids is 1. The Morgan fingerprint density at radius 1 is 1.73 bits per heavy atom. The van der Waals surface area contributed by atoms with Gasteiger partial charge in [-0.25, -0.2) is 13.6 Å². The second-order valence-corrected chi connectivity index (χ2v) is 2.97. The Labute approximate surface area is 84.7 Å². The minimum atomic E-state index is -2.42. The van der Waals surface area contributed by atoms with E-state index in [9.17, 15) is 13.6 Å². The standard InChI is InChI=1S/C8H11F2N3O2/c1-13-5(3-11-4-7(9)10)2-6(12-13)8(14)15/h2,7,11H,3-4H2,1H3,(H,14,15). The van der Waals surface area contributed by atoms with Crippen molar-refractivity contribution in [2.75, 3.05) is 6.54 Å². The van der Waals surface area contributed by atoms with Crippen molar-refractivity contribution in [3.8, 4) is 0 Å². The summed E-state index contributed by atoms with van der Waals surface area (Å²) in [5, 5.41) is 14.8. The van der Waals surface area contributed by atoms with Gasteiger partial charge in [0.15, 0.2) is 5.69 Å². The van der Waals surface area contributed by atoms with Gasteiger partial charge in [0.05, 0.1) is 12.2 Å². The number of aromatic nitrogens is 2. The number of hydrogen-bond acceptors (Lipinski definition) is 3. The first-order valence-electron chi connectivity index (χ1n) is 4.25. The van der Waals surface area contributed by atoms with Crippen LogP contribution >= 0.6 is 0 Å². The first-order valence-corrected chi connectivity index (χ1v) is 4.25. The van der Waals surface area contributed by atoms with Crippen LogP contribution in [0, 0.1) is 0 Å². The van der Waals surface area contributed by atoms with Crippen molar-refractivity contribution in [2.24, 2.45) is 7.05 Å². The van der Waals surface area contributed by atoms with E-state index in [4.69, 9.17) is 5.11 Å². The zero-order valence-corrected chi connectivity index (χ0v) is 8.07. The molecule has 0 radical (unpaired) electrons. The molecular formula is C8H11F2N3O2. The Balaban J connectivity index is 2.57. The van der Waals surface area contributed by atoms with Gasteiger partial charge in [-0.15, -0.1) is 0 Å². The van der Waals surface area contributed by atoms with Crippen molar-refractivity contribution in [3.63, 3.8) is 0 Å². The van der Waals surface area contributed by atoms with Gasteiger partial charge in [-0.3, -0.25) is 4.68 Å². The number of nitrogens with one attached hydrogen (secondary N) is 1. The summed E-state index contributed by atoms with van der Waals surface area (Å²) in [7, 11) is 1.56. The van der Waals surface area contributed by atoms with Crippen molar-refractivity contribution in [2.45, 2.75) is 13.0 Å². The average molecular weight is 219 g/mol. The first kappa shape index (κ1) is 11.6. The number of carbonyl (C=O) groups is 1. The van der Waals surface area contributed by atoms with Crippen molar-refractivity contribution in [1.29, 1.82) is 0 Å². The summed E-state index contributed by atoms with van der Waals surface area (Å²) >= 11 is 0. The molecule has 0 amide bonds. The summed E-state index contributed by atoms with van der Waals surface area (Å²) in [6.07, 6.45) is -2.42. The van der Waals surface area contributed by atoms with Crippen LogP contribution in [0.3, 0.4) is 0 Å². The Hall–Kier alpha value is -1.50. The molecular weight excluding hydrogens is 208 g/mol. The predicted molar refractivity (Wildman–Crippen MR) is 47.9 cm³/mol. The number of hydrogen-bond donors (Lipinski definition) is 2. The second-order valence-electron chi connectivity index (χ2n) is 2.97. The van der Waals surface area contributed by atoms with Gasteiger partial charge in [0.25, 0.3) is 6.43 Å². The fraction of sp³-hybridized carbons (Fsp3) is 0.500. The maximum absolute atomic E-state index is 11.8. The lowest BCUT2D eigenvalue weighted by Crippen LogP contribution is -2.21. The third-order valence-electron chi connectivity index (χ3n) is 1.80. The molecule has 5 nitrogen and oxygen atoms in total. The molecule has 0 aliphatic rings. The molecule has 1 aromatic heterocycles. The summed E-state index contributed by atoms with van der Waals surface area (Å²) < 4.78 is 24.9. The van der Waals surface area contributed by atoms with E-state index >= 15 is 0 Å². The van der Waals surface area contributed by atoms with Gasteiger partial charge in [0.1, 0.15) is 0 Å². The molecule has 7 heteroatoms. The number of halogens is 2. The van der Waals surface area contributed by atoms with E-state index in [0.717, 1.165) is 0 Å². The molecule has 84 valence electrons. The predicted octanol–water partition coefficient (Wildman–Crippen LogP) is 0.473. The van der Waals surface area contributed by atoms with Crippen LogP contribution in [0.25, 0.3) is 0 Å². The first-order chi connectivity index (χ1) is 7.00. The highest BCUT2D eigenvalue weighted by Crippen LogP contribution is 2.03. The quantitative estimate of drug-likeness (QED) is 0.755. The summed E-state index contributed by atoms with van der Waals surface area (Å²) in [6.45, 7) is -0.255. The molecule has 0 aromatic carbocycles. The summed E-state index contributed by atoms with van der Waals surface area (Å²) in [5.74, 6) is -1.13. The van der Waals surface area contributed by atoms with Crippen molar-refractivity contribution < 1.29 is 18.7 Å². The smallest absolute Gasteiger partial charge is 0.356 e. The SMILES string of the molecule is Cn1nc(C(=O)O)cc1CNCC(F)F. The summed E-state index contributed by atoms with van der Waals surface area (Å²) in [6, 6.07) is 1.35. The Kier molecular flexibility index (Phi) is 3.73. The molecule has 0 unspecified atom stereocenters. The fourth-order valence-corrected chi connectivity index (χ4v) is 1.09. The van der Waals surface area contributed by atoms with Crippen LogP contribution in [0.1, 0.15) is 16.2 Å². The number of aryl methyl sites for hydroxylation is 1. The minimum absolute atomic E-state index is 0.0913. The lowest BCUT2D eigenvalue weighted by atomic mass is 10.3. The van der Waals surface area contributed by atoms with E-state index in [1.807, 2.05) is 0 Å². The maximum atomic E-state index is 11.8. The minimum Gasteiger partial charge on any atom is -0.476 e. The molecule has 0 aliphatic carbocycles. The molecule has 0 saturated heterocycles. The van der Waals surface area contributed by atoms with Gasteiger partial charge >= 0.3 is 5.97 Å². The van der Waals surface area contributed by atoms with E-state index in [1.54, 1.807) is 7.05 Å². The van der Waals surface area contributed by atoms with Crippen LogP contribution < -0.4 is 5.32 Å². The summed E-state index contributed by atoms with van der Waals surface area (Å²) in [4.78, 5) is 10.5. The summed E-state index contributed by atoms with van der Waals surface area (Å²) in [5.41, 5.74) is 0.458. The zero-order valence-electron chi connectivity index (χ0n) is 8.07. The molecule has 1 rings (SSSR count). The van der Waals surface area contributed by atoms with Crippen LogP contribution in [0.15, 0.2) is 6.07 Å². The lowest BCUT2D eigenvalue weighted by molar-refractivity contribution is 0.0689. The number of rotatable bonds is 5. The topological polar surface area (TPSA) is 67.2 Å². The third-order valence-corrected chi connectivity index (χ3v) is 1.80. The number of carboxylic acids is 1. The second kappa shape index (κ2) is 4.83. The van der Waals surface area contributed by atoms with Crippen molar-refractivity contribution >= 4 is 5.97 Å². The zero-order chi connectivity index (χ0) is 11.4. The van der Waals surface area contributed by atoms with Crippen LogP contribution in [0.4, 0.5) is 8.78 Å². The largest absolute Gasteiger partial charge is 0.476 e. The van der Waals surface area contributed by atoms with Gasteiger partial charge in [0, 0.05) is 13.6 Å².